The summed E-state index contributed by atoms with van der Waals surface area (Å²) in [6, 6.07) is 0.0550. The Balaban J connectivity index is 1.84. The first-order valence-corrected chi connectivity index (χ1v) is 7.83. The molecule has 3 unspecified atom stereocenters. The smallest absolute Gasteiger partial charge is 0.225 e. The van der Waals surface area contributed by atoms with E-state index in [1.54, 1.807) is 12.0 Å². The molecule has 21 heavy (non-hydrogen) atoms. The third-order valence-electron chi connectivity index (χ3n) is 4.62. The molecular formula is C15H26N2O4. The summed E-state index contributed by atoms with van der Waals surface area (Å²) >= 11 is 0. The number of rotatable bonds is 6. The summed E-state index contributed by atoms with van der Waals surface area (Å²) in [7, 11) is 1.60. The second-order valence-corrected chi connectivity index (χ2v) is 6.08. The first-order valence-electron chi connectivity index (χ1n) is 7.83. The first-order chi connectivity index (χ1) is 10.2. The van der Waals surface area contributed by atoms with E-state index in [1.807, 2.05) is 0 Å². The van der Waals surface area contributed by atoms with Crippen LogP contribution in [-0.2, 0) is 14.3 Å². The van der Waals surface area contributed by atoms with Crippen LogP contribution in [0.5, 0.6) is 0 Å². The lowest BCUT2D eigenvalue weighted by atomic mass is 9.84. The van der Waals surface area contributed by atoms with Gasteiger partial charge in [-0.3, -0.25) is 9.59 Å². The number of carbonyl (C=O) groups excluding carboxylic acids is 2. The molecule has 6 heteroatoms. The molecule has 2 fully saturated rings. The fourth-order valence-corrected chi connectivity index (χ4v) is 3.28. The molecule has 0 aromatic carbocycles. The van der Waals surface area contributed by atoms with Gasteiger partial charge < -0.3 is 20.1 Å². The van der Waals surface area contributed by atoms with Gasteiger partial charge in [0.05, 0.1) is 12.5 Å². The average molecular weight is 298 g/mol. The Bertz CT molecular complexity index is 375. The lowest BCUT2D eigenvalue weighted by Gasteiger charge is -2.31. The van der Waals surface area contributed by atoms with Gasteiger partial charge >= 0.3 is 0 Å². The van der Waals surface area contributed by atoms with E-state index in [0.29, 0.717) is 19.7 Å². The molecule has 0 radical (unpaired) electrons. The quantitative estimate of drug-likeness (QED) is 0.731. The van der Waals surface area contributed by atoms with Crippen molar-refractivity contribution in [3.05, 3.63) is 0 Å². The molecule has 1 saturated heterocycles. The summed E-state index contributed by atoms with van der Waals surface area (Å²) in [5.41, 5.74) is 0. The highest BCUT2D eigenvalue weighted by Crippen LogP contribution is 2.25. The molecule has 2 rings (SSSR count). The SMILES string of the molecule is COCCN1CC(C(=O)NC2CCCCC2CO)CC1=O. The first kappa shape index (κ1) is 16.2. The zero-order valence-corrected chi connectivity index (χ0v) is 12.7. The predicted molar refractivity (Wildman–Crippen MR) is 77.5 cm³/mol. The molecule has 1 heterocycles. The van der Waals surface area contributed by atoms with E-state index in [2.05, 4.69) is 5.32 Å². The van der Waals surface area contributed by atoms with Gasteiger partial charge in [-0.2, -0.15) is 0 Å². The molecule has 6 nitrogen and oxygen atoms in total. The van der Waals surface area contributed by atoms with Crippen molar-refractivity contribution in [2.24, 2.45) is 11.8 Å². The number of nitrogens with one attached hydrogen (secondary N) is 1. The minimum atomic E-state index is -0.268. The molecule has 1 aliphatic heterocycles. The topological polar surface area (TPSA) is 78.9 Å². The van der Waals surface area contributed by atoms with Crippen LogP contribution in [-0.4, -0.2) is 61.3 Å². The molecule has 0 aromatic heterocycles. The predicted octanol–water partition coefficient (Wildman–Crippen LogP) is 0.149. The van der Waals surface area contributed by atoms with Gasteiger partial charge in [-0.05, 0) is 12.8 Å². The van der Waals surface area contributed by atoms with E-state index in [0.717, 1.165) is 25.7 Å². The number of methoxy groups -OCH3 is 1. The molecule has 0 bridgehead atoms. The largest absolute Gasteiger partial charge is 0.396 e. The fraction of sp³-hybridized carbons (Fsp3) is 0.867. The zero-order chi connectivity index (χ0) is 15.2. The normalized spacial score (nSPS) is 29.7. The van der Waals surface area contributed by atoms with Gasteiger partial charge in [-0.25, -0.2) is 0 Å². The standard InChI is InChI=1S/C15H26N2O4/c1-21-7-6-17-9-12(8-14(17)19)15(20)16-13-5-3-2-4-11(13)10-18/h11-13,18H,2-10H2,1H3,(H,16,20). The zero-order valence-electron chi connectivity index (χ0n) is 12.7. The van der Waals surface area contributed by atoms with Crippen molar-refractivity contribution < 1.29 is 19.4 Å². The van der Waals surface area contributed by atoms with E-state index < -0.39 is 0 Å². The number of amides is 2. The third-order valence-corrected chi connectivity index (χ3v) is 4.62. The van der Waals surface area contributed by atoms with Crippen LogP contribution in [0.25, 0.3) is 0 Å². The van der Waals surface area contributed by atoms with Crippen LogP contribution in [0.15, 0.2) is 0 Å². The van der Waals surface area contributed by atoms with E-state index in [1.165, 1.54) is 0 Å². The fourth-order valence-electron chi connectivity index (χ4n) is 3.28. The number of hydrogen-bond acceptors (Lipinski definition) is 4. The molecule has 1 aliphatic carbocycles. The number of aliphatic hydroxyl groups excluding tert-OH is 1. The number of likely N-dealkylation sites (tertiary alicyclic amines) is 1. The Morgan fingerprint density at radius 1 is 1.43 bits per heavy atom. The Morgan fingerprint density at radius 3 is 2.90 bits per heavy atom. The van der Waals surface area contributed by atoms with Gasteiger partial charge in [0.25, 0.3) is 0 Å². The van der Waals surface area contributed by atoms with Gasteiger partial charge in [-0.15, -0.1) is 0 Å². The van der Waals surface area contributed by atoms with Crippen molar-refractivity contribution in [3.8, 4) is 0 Å². The number of aliphatic hydroxyl groups is 1. The average Bonchev–Trinajstić information content (AvgIpc) is 2.87. The van der Waals surface area contributed by atoms with E-state index in [9.17, 15) is 14.7 Å². The Morgan fingerprint density at radius 2 is 2.19 bits per heavy atom. The highest BCUT2D eigenvalue weighted by molar-refractivity contribution is 5.89. The summed E-state index contributed by atoms with van der Waals surface area (Å²) < 4.78 is 4.98. The van der Waals surface area contributed by atoms with Gasteiger partial charge in [0.15, 0.2) is 0 Å². The van der Waals surface area contributed by atoms with Gasteiger partial charge in [0.2, 0.25) is 11.8 Å². The molecule has 3 atom stereocenters. The summed E-state index contributed by atoms with van der Waals surface area (Å²) in [5, 5.41) is 12.4. The summed E-state index contributed by atoms with van der Waals surface area (Å²) in [5.74, 6) is -0.136. The highest BCUT2D eigenvalue weighted by atomic mass is 16.5. The van der Waals surface area contributed by atoms with Crippen molar-refractivity contribution in [3.63, 3.8) is 0 Å². The highest BCUT2D eigenvalue weighted by Gasteiger charge is 2.36. The third kappa shape index (κ3) is 4.17. The summed E-state index contributed by atoms with van der Waals surface area (Å²) in [4.78, 5) is 25.9. The molecule has 0 aromatic rings. The molecular weight excluding hydrogens is 272 g/mol. The molecule has 2 amide bonds. The minimum absolute atomic E-state index is 0.0227. The Labute approximate surface area is 125 Å². The maximum atomic E-state index is 12.3. The van der Waals surface area contributed by atoms with Crippen LogP contribution >= 0.6 is 0 Å². The van der Waals surface area contributed by atoms with E-state index in [4.69, 9.17) is 4.74 Å². The van der Waals surface area contributed by atoms with Crippen LogP contribution < -0.4 is 5.32 Å². The number of nitrogens with zero attached hydrogens (tertiary/aromatic N) is 1. The minimum Gasteiger partial charge on any atom is -0.396 e. The van der Waals surface area contributed by atoms with Crippen molar-refractivity contribution in [2.75, 3.05) is 33.4 Å². The van der Waals surface area contributed by atoms with Crippen molar-refractivity contribution in [1.82, 2.24) is 10.2 Å². The van der Waals surface area contributed by atoms with Gasteiger partial charge in [0.1, 0.15) is 0 Å². The van der Waals surface area contributed by atoms with E-state index in [-0.39, 0.29) is 42.7 Å². The lowest BCUT2D eigenvalue weighted by Crippen LogP contribution is -2.46. The van der Waals surface area contributed by atoms with Crippen LogP contribution in [0.4, 0.5) is 0 Å². The monoisotopic (exact) mass is 298 g/mol. The number of ether oxygens (including phenoxy) is 1. The van der Waals surface area contributed by atoms with Crippen molar-refractivity contribution in [2.45, 2.75) is 38.1 Å². The van der Waals surface area contributed by atoms with Gasteiger partial charge in [0, 0.05) is 45.2 Å². The second-order valence-electron chi connectivity index (χ2n) is 6.08. The van der Waals surface area contributed by atoms with Crippen LogP contribution in [0, 0.1) is 11.8 Å². The van der Waals surface area contributed by atoms with E-state index >= 15 is 0 Å². The lowest BCUT2D eigenvalue weighted by molar-refractivity contribution is -0.129. The number of carbonyl (C=O) groups is 2. The second kappa shape index (κ2) is 7.75. The van der Waals surface area contributed by atoms with Crippen LogP contribution in [0.3, 0.4) is 0 Å². The summed E-state index contributed by atoms with van der Waals surface area (Å²) in [6.07, 6.45) is 4.37. The van der Waals surface area contributed by atoms with Crippen LogP contribution in [0.2, 0.25) is 0 Å². The molecule has 120 valence electrons. The molecule has 2 aliphatic rings. The van der Waals surface area contributed by atoms with Gasteiger partial charge in [-0.1, -0.05) is 12.8 Å². The molecule has 0 spiro atoms. The molecule has 1 saturated carbocycles. The van der Waals surface area contributed by atoms with Crippen molar-refractivity contribution >= 4 is 11.8 Å². The number of hydrogen-bond donors (Lipinski definition) is 2. The maximum Gasteiger partial charge on any atom is 0.225 e. The molecule has 2 N–H and O–H groups in total. The van der Waals surface area contributed by atoms with Crippen molar-refractivity contribution in [1.29, 1.82) is 0 Å². The maximum absolute atomic E-state index is 12.3. The Hall–Kier alpha value is -1.14. The van der Waals surface area contributed by atoms with Crippen LogP contribution in [0.1, 0.15) is 32.1 Å². The summed E-state index contributed by atoms with van der Waals surface area (Å²) in [6.45, 7) is 1.64. The Kier molecular flexibility index (Phi) is 5.99.